The maximum atomic E-state index is 3.76. The Kier molecular flexibility index (Phi) is 3.61. The van der Waals surface area contributed by atoms with E-state index in [0.29, 0.717) is 0 Å². The molecule has 19 heavy (non-hydrogen) atoms. The van der Waals surface area contributed by atoms with Gasteiger partial charge in [0.15, 0.2) is 0 Å². The van der Waals surface area contributed by atoms with Gasteiger partial charge in [0.25, 0.3) is 0 Å². The van der Waals surface area contributed by atoms with Crippen molar-refractivity contribution < 1.29 is 0 Å². The van der Waals surface area contributed by atoms with Crippen LogP contribution in [0.5, 0.6) is 0 Å². The first-order valence-corrected chi connectivity index (χ1v) is 7.53. The van der Waals surface area contributed by atoms with Gasteiger partial charge < -0.3 is 9.88 Å². The van der Waals surface area contributed by atoms with E-state index < -0.39 is 0 Å². The van der Waals surface area contributed by atoms with Gasteiger partial charge in [0.1, 0.15) is 0 Å². The zero-order chi connectivity index (χ0) is 13.2. The Labute approximate surface area is 115 Å². The third-order valence-corrected chi connectivity index (χ3v) is 4.67. The SMILES string of the molecule is Cc1c(CNC2CCCCC2)n(C)c2ccccc12. The average Bonchev–Trinajstić information content (AvgIpc) is 2.71. The number of fused-ring (bicyclic) bond motifs is 1. The van der Waals surface area contributed by atoms with Gasteiger partial charge in [0, 0.05) is 36.2 Å². The van der Waals surface area contributed by atoms with Crippen LogP contribution in [0.2, 0.25) is 0 Å². The topological polar surface area (TPSA) is 17.0 Å². The van der Waals surface area contributed by atoms with Crippen molar-refractivity contribution in [2.75, 3.05) is 0 Å². The van der Waals surface area contributed by atoms with E-state index in [1.165, 1.54) is 54.3 Å². The van der Waals surface area contributed by atoms with Crippen LogP contribution in [0.3, 0.4) is 0 Å². The van der Waals surface area contributed by atoms with E-state index in [1.54, 1.807) is 0 Å². The van der Waals surface area contributed by atoms with E-state index in [1.807, 2.05) is 0 Å². The Morgan fingerprint density at radius 1 is 1.16 bits per heavy atom. The van der Waals surface area contributed by atoms with Crippen LogP contribution in [-0.2, 0) is 13.6 Å². The standard InChI is InChI=1S/C17H24N2/c1-13-15-10-6-7-11-16(15)19(2)17(13)12-18-14-8-4-3-5-9-14/h6-7,10-11,14,18H,3-5,8-9,12H2,1-2H3. The molecule has 3 rings (SSSR count). The highest BCUT2D eigenvalue weighted by Gasteiger charge is 2.15. The van der Waals surface area contributed by atoms with E-state index in [4.69, 9.17) is 0 Å². The molecule has 1 aliphatic carbocycles. The molecule has 1 aliphatic rings. The molecular weight excluding hydrogens is 232 g/mol. The van der Waals surface area contributed by atoms with Crippen LogP contribution in [0.1, 0.15) is 43.4 Å². The lowest BCUT2D eigenvalue weighted by Crippen LogP contribution is -2.31. The molecule has 1 aromatic carbocycles. The molecule has 0 bridgehead atoms. The molecule has 2 aromatic rings. The molecule has 0 unspecified atom stereocenters. The van der Waals surface area contributed by atoms with Crippen molar-refractivity contribution in [2.24, 2.45) is 7.05 Å². The normalized spacial score (nSPS) is 17.2. The van der Waals surface area contributed by atoms with Crippen molar-refractivity contribution in [1.29, 1.82) is 0 Å². The lowest BCUT2D eigenvalue weighted by atomic mass is 9.95. The van der Waals surface area contributed by atoms with Crippen LogP contribution in [0.4, 0.5) is 0 Å². The Balaban J connectivity index is 1.80. The second-order valence-electron chi connectivity index (χ2n) is 5.86. The molecule has 2 heteroatoms. The van der Waals surface area contributed by atoms with Crippen molar-refractivity contribution in [1.82, 2.24) is 9.88 Å². The third kappa shape index (κ3) is 2.42. The molecule has 0 atom stereocenters. The number of rotatable bonds is 3. The highest BCUT2D eigenvalue weighted by molar-refractivity contribution is 5.85. The van der Waals surface area contributed by atoms with Gasteiger partial charge in [-0.1, -0.05) is 37.5 Å². The summed E-state index contributed by atoms with van der Waals surface area (Å²) in [5.74, 6) is 0. The monoisotopic (exact) mass is 256 g/mol. The van der Waals surface area contributed by atoms with Crippen LogP contribution in [0.15, 0.2) is 24.3 Å². The lowest BCUT2D eigenvalue weighted by Gasteiger charge is -2.23. The molecule has 0 aliphatic heterocycles. The summed E-state index contributed by atoms with van der Waals surface area (Å²) in [6, 6.07) is 9.43. The van der Waals surface area contributed by atoms with Crippen LogP contribution in [0, 0.1) is 6.92 Å². The Hall–Kier alpha value is -1.28. The first-order valence-electron chi connectivity index (χ1n) is 7.53. The second-order valence-corrected chi connectivity index (χ2v) is 5.86. The molecule has 1 fully saturated rings. The van der Waals surface area contributed by atoms with Crippen molar-refractivity contribution in [3.05, 3.63) is 35.5 Å². The molecular formula is C17H24N2. The van der Waals surface area contributed by atoms with Gasteiger partial charge in [-0.15, -0.1) is 0 Å². The van der Waals surface area contributed by atoms with Crippen LogP contribution >= 0.6 is 0 Å². The average molecular weight is 256 g/mol. The number of aromatic nitrogens is 1. The van der Waals surface area contributed by atoms with Crippen LogP contribution in [0.25, 0.3) is 10.9 Å². The summed E-state index contributed by atoms with van der Waals surface area (Å²) in [6.07, 6.45) is 6.91. The molecule has 1 aromatic heterocycles. The fourth-order valence-corrected chi connectivity index (χ4v) is 3.43. The predicted molar refractivity (Wildman–Crippen MR) is 81.4 cm³/mol. The summed E-state index contributed by atoms with van der Waals surface area (Å²) in [5, 5.41) is 5.15. The number of benzene rings is 1. The predicted octanol–water partition coefficient (Wildman–Crippen LogP) is 3.91. The third-order valence-electron chi connectivity index (χ3n) is 4.67. The summed E-state index contributed by atoms with van der Waals surface area (Å²) in [7, 11) is 2.19. The molecule has 1 heterocycles. The summed E-state index contributed by atoms with van der Waals surface area (Å²) in [6.45, 7) is 3.25. The maximum Gasteiger partial charge on any atom is 0.0483 e. The van der Waals surface area contributed by atoms with Gasteiger partial charge in [-0.05, 0) is 31.4 Å². The summed E-state index contributed by atoms with van der Waals surface area (Å²) < 4.78 is 2.35. The fourth-order valence-electron chi connectivity index (χ4n) is 3.43. The first-order chi connectivity index (χ1) is 9.27. The lowest BCUT2D eigenvalue weighted by molar-refractivity contribution is 0.369. The largest absolute Gasteiger partial charge is 0.346 e. The van der Waals surface area contributed by atoms with E-state index >= 15 is 0 Å². The van der Waals surface area contributed by atoms with Gasteiger partial charge in [-0.3, -0.25) is 0 Å². The van der Waals surface area contributed by atoms with E-state index in [-0.39, 0.29) is 0 Å². The molecule has 1 saturated carbocycles. The van der Waals surface area contributed by atoms with Gasteiger partial charge in [-0.25, -0.2) is 0 Å². The fraction of sp³-hybridized carbons (Fsp3) is 0.529. The van der Waals surface area contributed by atoms with Crippen molar-refractivity contribution in [3.63, 3.8) is 0 Å². The minimum absolute atomic E-state index is 0.728. The number of hydrogen-bond acceptors (Lipinski definition) is 1. The molecule has 0 spiro atoms. The van der Waals surface area contributed by atoms with Gasteiger partial charge in [0.05, 0.1) is 0 Å². The van der Waals surface area contributed by atoms with Crippen molar-refractivity contribution in [3.8, 4) is 0 Å². The molecule has 1 N–H and O–H groups in total. The van der Waals surface area contributed by atoms with E-state index in [2.05, 4.69) is 48.1 Å². The Morgan fingerprint density at radius 2 is 1.89 bits per heavy atom. The van der Waals surface area contributed by atoms with Crippen LogP contribution in [-0.4, -0.2) is 10.6 Å². The number of aryl methyl sites for hydroxylation is 2. The highest BCUT2D eigenvalue weighted by Crippen LogP contribution is 2.25. The van der Waals surface area contributed by atoms with E-state index in [9.17, 15) is 0 Å². The first kappa shape index (κ1) is 12.7. The Morgan fingerprint density at radius 3 is 2.63 bits per heavy atom. The zero-order valence-electron chi connectivity index (χ0n) is 12.1. The number of hydrogen-bond donors (Lipinski definition) is 1. The minimum atomic E-state index is 0.728. The number of nitrogens with zero attached hydrogens (tertiary/aromatic N) is 1. The summed E-state index contributed by atoms with van der Waals surface area (Å²) in [4.78, 5) is 0. The van der Waals surface area contributed by atoms with Gasteiger partial charge >= 0.3 is 0 Å². The van der Waals surface area contributed by atoms with Crippen LogP contribution < -0.4 is 5.32 Å². The Bertz CT molecular complexity index is 523. The maximum absolute atomic E-state index is 3.76. The number of nitrogens with one attached hydrogen (secondary N) is 1. The smallest absolute Gasteiger partial charge is 0.0483 e. The molecule has 0 radical (unpaired) electrons. The summed E-state index contributed by atoms with van der Waals surface area (Å²) in [5.41, 5.74) is 4.22. The van der Waals surface area contributed by atoms with Crippen molar-refractivity contribution >= 4 is 10.9 Å². The van der Waals surface area contributed by atoms with E-state index in [0.717, 1.165) is 12.6 Å². The molecule has 0 saturated heterocycles. The summed E-state index contributed by atoms with van der Waals surface area (Å²) >= 11 is 0. The highest BCUT2D eigenvalue weighted by atomic mass is 15.0. The molecule has 102 valence electrons. The minimum Gasteiger partial charge on any atom is -0.346 e. The van der Waals surface area contributed by atoms with Crippen molar-refractivity contribution in [2.45, 2.75) is 51.6 Å². The molecule has 0 amide bonds. The number of para-hydroxylation sites is 1. The second kappa shape index (κ2) is 5.38. The van der Waals surface area contributed by atoms with Gasteiger partial charge in [-0.2, -0.15) is 0 Å². The molecule has 2 nitrogen and oxygen atoms in total. The quantitative estimate of drug-likeness (QED) is 0.881. The zero-order valence-corrected chi connectivity index (χ0v) is 12.1. The van der Waals surface area contributed by atoms with Gasteiger partial charge in [0.2, 0.25) is 0 Å².